The number of rotatable bonds is 2. The Kier molecular flexibility index (Phi) is 2.37. The Bertz CT molecular complexity index is 404. The zero-order valence-corrected chi connectivity index (χ0v) is 7.97. The van der Waals surface area contributed by atoms with E-state index in [9.17, 15) is 5.11 Å². The largest absolute Gasteiger partial charge is 0.472 e. The summed E-state index contributed by atoms with van der Waals surface area (Å²) in [6.07, 6.45) is 2.54. The molecule has 0 spiro atoms. The van der Waals surface area contributed by atoms with E-state index in [1.165, 1.54) is 0 Å². The second kappa shape index (κ2) is 3.68. The van der Waals surface area contributed by atoms with E-state index in [0.29, 0.717) is 0 Å². The highest BCUT2D eigenvalue weighted by Gasteiger charge is 2.12. The van der Waals surface area contributed by atoms with E-state index in [1.54, 1.807) is 18.6 Å². The maximum Gasteiger partial charge on any atom is 0.107 e. The Morgan fingerprint density at radius 1 is 1.21 bits per heavy atom. The lowest BCUT2D eigenvalue weighted by molar-refractivity contribution is 0.218. The van der Waals surface area contributed by atoms with Crippen LogP contribution < -0.4 is 0 Å². The molecule has 2 rings (SSSR count). The molecule has 0 aliphatic heterocycles. The molecule has 2 heteroatoms. The molecule has 0 aliphatic carbocycles. The van der Waals surface area contributed by atoms with Crippen LogP contribution in [0.4, 0.5) is 0 Å². The van der Waals surface area contributed by atoms with E-state index >= 15 is 0 Å². The summed E-state index contributed by atoms with van der Waals surface area (Å²) in [7, 11) is 0. The van der Waals surface area contributed by atoms with Crippen LogP contribution in [0.15, 0.2) is 47.3 Å². The van der Waals surface area contributed by atoms with Gasteiger partial charge in [0.1, 0.15) is 6.10 Å². The first kappa shape index (κ1) is 9.03. The van der Waals surface area contributed by atoms with E-state index in [-0.39, 0.29) is 0 Å². The number of hydrogen-bond donors (Lipinski definition) is 1. The molecule has 72 valence electrons. The van der Waals surface area contributed by atoms with Gasteiger partial charge < -0.3 is 9.52 Å². The van der Waals surface area contributed by atoms with Crippen LogP contribution in [-0.2, 0) is 0 Å². The normalized spacial score (nSPS) is 12.7. The van der Waals surface area contributed by atoms with Gasteiger partial charge in [0.2, 0.25) is 0 Å². The zero-order valence-electron chi connectivity index (χ0n) is 7.97. The third-order valence-corrected chi connectivity index (χ3v) is 2.34. The molecule has 0 amide bonds. The highest BCUT2D eigenvalue weighted by molar-refractivity contribution is 5.33. The minimum absolute atomic E-state index is 0.588. The van der Waals surface area contributed by atoms with E-state index in [4.69, 9.17) is 4.42 Å². The number of benzene rings is 1. The van der Waals surface area contributed by atoms with Gasteiger partial charge in [-0.2, -0.15) is 0 Å². The summed E-state index contributed by atoms with van der Waals surface area (Å²) in [6.45, 7) is 1.98. The van der Waals surface area contributed by atoms with Gasteiger partial charge in [-0.15, -0.1) is 0 Å². The van der Waals surface area contributed by atoms with Crippen LogP contribution in [0.5, 0.6) is 0 Å². The van der Waals surface area contributed by atoms with Crippen molar-refractivity contribution in [2.75, 3.05) is 0 Å². The SMILES string of the molecule is Cc1ccccc1C(O)c1ccoc1. The van der Waals surface area contributed by atoms with Crippen molar-refractivity contribution in [1.82, 2.24) is 0 Å². The van der Waals surface area contributed by atoms with Gasteiger partial charge in [0.15, 0.2) is 0 Å². The Morgan fingerprint density at radius 3 is 2.64 bits per heavy atom. The van der Waals surface area contributed by atoms with E-state index in [0.717, 1.165) is 16.7 Å². The minimum Gasteiger partial charge on any atom is -0.472 e. The van der Waals surface area contributed by atoms with Gasteiger partial charge in [0.05, 0.1) is 12.5 Å². The number of aliphatic hydroxyl groups is 1. The summed E-state index contributed by atoms with van der Waals surface area (Å²) in [5.41, 5.74) is 2.80. The molecule has 0 bridgehead atoms. The molecule has 0 fully saturated rings. The highest BCUT2D eigenvalue weighted by atomic mass is 16.3. The topological polar surface area (TPSA) is 33.4 Å². The second-order valence-corrected chi connectivity index (χ2v) is 3.32. The van der Waals surface area contributed by atoms with Gasteiger partial charge in [-0.3, -0.25) is 0 Å². The van der Waals surface area contributed by atoms with Gasteiger partial charge >= 0.3 is 0 Å². The van der Waals surface area contributed by atoms with Gasteiger partial charge in [-0.1, -0.05) is 24.3 Å². The smallest absolute Gasteiger partial charge is 0.107 e. The third-order valence-electron chi connectivity index (χ3n) is 2.34. The van der Waals surface area contributed by atoms with Crippen LogP contribution in [0.2, 0.25) is 0 Å². The molecule has 0 radical (unpaired) electrons. The van der Waals surface area contributed by atoms with Gasteiger partial charge in [-0.05, 0) is 24.1 Å². The number of aliphatic hydroxyl groups excluding tert-OH is 1. The maximum absolute atomic E-state index is 10.0. The lowest BCUT2D eigenvalue weighted by atomic mass is 10.00. The predicted molar refractivity (Wildman–Crippen MR) is 53.9 cm³/mol. The molecule has 0 saturated heterocycles. The monoisotopic (exact) mass is 188 g/mol. The van der Waals surface area contributed by atoms with E-state index in [1.807, 2.05) is 31.2 Å². The number of hydrogen-bond acceptors (Lipinski definition) is 2. The van der Waals surface area contributed by atoms with E-state index < -0.39 is 6.10 Å². The first-order chi connectivity index (χ1) is 6.79. The molecule has 14 heavy (non-hydrogen) atoms. The van der Waals surface area contributed by atoms with Crippen LogP contribution in [0.25, 0.3) is 0 Å². The lowest BCUT2D eigenvalue weighted by Gasteiger charge is -2.11. The molecule has 1 unspecified atom stereocenters. The number of aryl methyl sites for hydroxylation is 1. The Morgan fingerprint density at radius 2 is 2.00 bits per heavy atom. The maximum atomic E-state index is 10.0. The minimum atomic E-state index is -0.588. The third kappa shape index (κ3) is 1.56. The quantitative estimate of drug-likeness (QED) is 0.786. The molecule has 2 nitrogen and oxygen atoms in total. The van der Waals surface area contributed by atoms with E-state index in [2.05, 4.69) is 0 Å². The summed E-state index contributed by atoms with van der Waals surface area (Å²) in [4.78, 5) is 0. The van der Waals surface area contributed by atoms with Gasteiger partial charge in [0, 0.05) is 5.56 Å². The van der Waals surface area contributed by atoms with Crippen LogP contribution in [0, 0.1) is 6.92 Å². The van der Waals surface area contributed by atoms with Crippen molar-refractivity contribution in [2.45, 2.75) is 13.0 Å². The van der Waals surface area contributed by atoms with Gasteiger partial charge in [0.25, 0.3) is 0 Å². The Balaban J connectivity index is 2.37. The van der Waals surface area contributed by atoms with Crippen molar-refractivity contribution < 1.29 is 9.52 Å². The highest BCUT2D eigenvalue weighted by Crippen LogP contribution is 2.24. The average molecular weight is 188 g/mol. The van der Waals surface area contributed by atoms with Gasteiger partial charge in [-0.25, -0.2) is 0 Å². The second-order valence-electron chi connectivity index (χ2n) is 3.32. The molecule has 1 atom stereocenters. The molecule has 0 aliphatic rings. The zero-order chi connectivity index (χ0) is 9.97. The number of furan rings is 1. The molecule has 2 aromatic rings. The summed E-state index contributed by atoms with van der Waals surface area (Å²) < 4.78 is 4.94. The van der Waals surface area contributed by atoms with Crippen LogP contribution in [-0.4, -0.2) is 5.11 Å². The van der Waals surface area contributed by atoms with Crippen molar-refractivity contribution in [3.8, 4) is 0 Å². The first-order valence-corrected chi connectivity index (χ1v) is 4.54. The molecular formula is C12H12O2. The molecule has 1 aromatic carbocycles. The Hall–Kier alpha value is -1.54. The van der Waals surface area contributed by atoms with Crippen molar-refractivity contribution in [3.05, 3.63) is 59.5 Å². The van der Waals surface area contributed by atoms with Crippen molar-refractivity contribution in [3.63, 3.8) is 0 Å². The average Bonchev–Trinajstić information content (AvgIpc) is 2.70. The lowest BCUT2D eigenvalue weighted by Crippen LogP contribution is -1.99. The molecule has 1 heterocycles. The van der Waals surface area contributed by atoms with Crippen LogP contribution in [0.1, 0.15) is 22.8 Å². The van der Waals surface area contributed by atoms with Crippen molar-refractivity contribution in [2.24, 2.45) is 0 Å². The fraction of sp³-hybridized carbons (Fsp3) is 0.167. The Labute approximate surface area is 82.8 Å². The van der Waals surface area contributed by atoms with Crippen LogP contribution in [0.3, 0.4) is 0 Å². The summed E-state index contributed by atoms with van der Waals surface area (Å²) in [6, 6.07) is 9.56. The summed E-state index contributed by atoms with van der Waals surface area (Å²) in [5, 5.41) is 10.0. The molecule has 0 saturated carbocycles. The summed E-state index contributed by atoms with van der Waals surface area (Å²) >= 11 is 0. The predicted octanol–water partition coefficient (Wildman–Crippen LogP) is 2.67. The molecular weight excluding hydrogens is 176 g/mol. The fourth-order valence-corrected chi connectivity index (χ4v) is 1.50. The van der Waals surface area contributed by atoms with Crippen molar-refractivity contribution in [1.29, 1.82) is 0 Å². The molecule has 1 aromatic heterocycles. The van der Waals surface area contributed by atoms with Crippen molar-refractivity contribution >= 4 is 0 Å². The fourth-order valence-electron chi connectivity index (χ4n) is 1.50. The van der Waals surface area contributed by atoms with Crippen LogP contribution >= 0.6 is 0 Å². The summed E-state index contributed by atoms with van der Waals surface area (Å²) in [5.74, 6) is 0. The molecule has 1 N–H and O–H groups in total. The standard InChI is InChI=1S/C12H12O2/c1-9-4-2-3-5-11(9)12(13)10-6-7-14-8-10/h2-8,12-13H,1H3. The first-order valence-electron chi connectivity index (χ1n) is 4.54.